The lowest BCUT2D eigenvalue weighted by atomic mass is 10.00. The van der Waals surface area contributed by atoms with Crippen molar-refractivity contribution in [2.75, 3.05) is 40.4 Å². The first kappa shape index (κ1) is 19.0. The Morgan fingerprint density at radius 3 is 2.68 bits per heavy atom. The predicted molar refractivity (Wildman–Crippen MR) is 104 cm³/mol. The van der Waals surface area contributed by atoms with E-state index in [4.69, 9.17) is 4.74 Å². The summed E-state index contributed by atoms with van der Waals surface area (Å²) in [5.41, 5.74) is 2.77. The summed E-state index contributed by atoms with van der Waals surface area (Å²) in [7, 11) is 3.57. The molecule has 2 rings (SSSR count). The molecule has 122 valence electrons. The Morgan fingerprint density at radius 2 is 2.09 bits per heavy atom. The largest absolute Gasteiger partial charge is 0.385 e. The summed E-state index contributed by atoms with van der Waals surface area (Å²) < 4.78 is 5.06. The first-order valence-electron chi connectivity index (χ1n) is 7.54. The average molecular weight is 415 g/mol. The number of ether oxygens (including phenoxy) is 1. The number of halogens is 1. The molecule has 1 heterocycles. The zero-order chi connectivity index (χ0) is 14.9. The van der Waals surface area contributed by atoms with Crippen LogP contribution in [0.4, 0.5) is 0 Å². The second-order valence-electron chi connectivity index (χ2n) is 5.11. The van der Waals surface area contributed by atoms with Crippen LogP contribution in [0.5, 0.6) is 0 Å². The number of hydrogen-bond acceptors (Lipinski definition) is 2. The molecule has 1 aliphatic heterocycles. The fraction of sp³-hybridized carbons (Fsp3) is 0.471. The van der Waals surface area contributed by atoms with Crippen LogP contribution < -0.4 is 5.32 Å². The first-order chi connectivity index (χ1) is 10.3. The van der Waals surface area contributed by atoms with Crippen molar-refractivity contribution in [1.82, 2.24) is 10.2 Å². The molecule has 0 atom stereocenters. The SMILES string of the molecule is CN=C(NCCCOC)N1CC=C(c2ccccc2)CC1.I. The van der Waals surface area contributed by atoms with Crippen LogP contribution in [-0.4, -0.2) is 51.3 Å². The maximum absolute atomic E-state index is 5.06. The molecule has 0 amide bonds. The van der Waals surface area contributed by atoms with Gasteiger partial charge in [-0.3, -0.25) is 4.99 Å². The van der Waals surface area contributed by atoms with Crippen molar-refractivity contribution in [2.45, 2.75) is 12.8 Å². The highest BCUT2D eigenvalue weighted by Gasteiger charge is 2.15. The first-order valence-corrected chi connectivity index (χ1v) is 7.54. The molecular weight excluding hydrogens is 389 g/mol. The van der Waals surface area contributed by atoms with E-state index >= 15 is 0 Å². The topological polar surface area (TPSA) is 36.9 Å². The number of rotatable bonds is 5. The van der Waals surface area contributed by atoms with Gasteiger partial charge in [0.25, 0.3) is 0 Å². The van der Waals surface area contributed by atoms with Gasteiger partial charge in [0, 0.05) is 40.4 Å². The van der Waals surface area contributed by atoms with Gasteiger partial charge in [0.05, 0.1) is 0 Å². The molecular formula is C17H26IN3O. The van der Waals surface area contributed by atoms with Crippen molar-refractivity contribution in [3.05, 3.63) is 42.0 Å². The van der Waals surface area contributed by atoms with Crippen LogP contribution in [0.15, 0.2) is 41.4 Å². The molecule has 4 nitrogen and oxygen atoms in total. The monoisotopic (exact) mass is 415 g/mol. The number of aliphatic imine (C=N–C) groups is 1. The molecule has 1 aliphatic rings. The quantitative estimate of drug-likeness (QED) is 0.348. The van der Waals surface area contributed by atoms with Crippen LogP contribution in [0.2, 0.25) is 0 Å². The number of guanidine groups is 1. The number of benzene rings is 1. The third kappa shape index (κ3) is 5.61. The van der Waals surface area contributed by atoms with Crippen LogP contribution >= 0.6 is 24.0 Å². The molecule has 0 unspecified atom stereocenters. The van der Waals surface area contributed by atoms with Crippen LogP contribution in [0.3, 0.4) is 0 Å². The Bertz CT molecular complexity index is 488. The van der Waals surface area contributed by atoms with E-state index in [-0.39, 0.29) is 24.0 Å². The average Bonchev–Trinajstić information content (AvgIpc) is 2.56. The van der Waals surface area contributed by atoms with E-state index < -0.39 is 0 Å². The van der Waals surface area contributed by atoms with Crippen molar-refractivity contribution in [3.8, 4) is 0 Å². The zero-order valence-corrected chi connectivity index (χ0v) is 15.7. The lowest BCUT2D eigenvalue weighted by Crippen LogP contribution is -2.43. The summed E-state index contributed by atoms with van der Waals surface area (Å²) >= 11 is 0. The second kappa shape index (κ2) is 10.6. The molecule has 0 bridgehead atoms. The molecule has 0 saturated carbocycles. The van der Waals surface area contributed by atoms with E-state index in [1.165, 1.54) is 11.1 Å². The minimum Gasteiger partial charge on any atom is -0.385 e. The fourth-order valence-electron chi connectivity index (χ4n) is 2.52. The third-order valence-electron chi connectivity index (χ3n) is 3.67. The highest BCUT2D eigenvalue weighted by atomic mass is 127. The normalized spacial score (nSPS) is 15.1. The Morgan fingerprint density at radius 1 is 1.32 bits per heavy atom. The summed E-state index contributed by atoms with van der Waals surface area (Å²) in [5, 5.41) is 3.40. The predicted octanol–water partition coefficient (Wildman–Crippen LogP) is 3.01. The van der Waals surface area contributed by atoms with Gasteiger partial charge < -0.3 is 15.0 Å². The van der Waals surface area contributed by atoms with Crippen molar-refractivity contribution in [2.24, 2.45) is 4.99 Å². The van der Waals surface area contributed by atoms with Gasteiger partial charge in [0.15, 0.2) is 5.96 Å². The van der Waals surface area contributed by atoms with E-state index in [0.717, 1.165) is 45.0 Å². The van der Waals surface area contributed by atoms with E-state index in [9.17, 15) is 0 Å². The standard InChI is InChI=1S/C17H25N3O.HI/c1-18-17(19-11-6-14-21-2)20-12-9-16(10-13-20)15-7-4-3-5-8-15;/h3-5,7-9H,6,10-14H2,1-2H3,(H,18,19);1H. The lowest BCUT2D eigenvalue weighted by Gasteiger charge is -2.29. The molecule has 1 aromatic carbocycles. The van der Waals surface area contributed by atoms with Gasteiger partial charge in [-0.25, -0.2) is 0 Å². The van der Waals surface area contributed by atoms with E-state index in [1.54, 1.807) is 7.11 Å². The zero-order valence-electron chi connectivity index (χ0n) is 13.4. The molecule has 5 heteroatoms. The molecule has 0 aromatic heterocycles. The number of hydrogen-bond donors (Lipinski definition) is 1. The van der Waals surface area contributed by atoms with Crippen LogP contribution in [0, 0.1) is 0 Å². The van der Waals surface area contributed by atoms with Gasteiger partial charge in [-0.1, -0.05) is 36.4 Å². The molecule has 0 fully saturated rings. The smallest absolute Gasteiger partial charge is 0.193 e. The van der Waals surface area contributed by atoms with Crippen LogP contribution in [0.1, 0.15) is 18.4 Å². The summed E-state index contributed by atoms with van der Waals surface area (Å²) in [4.78, 5) is 6.66. The van der Waals surface area contributed by atoms with Gasteiger partial charge in [-0.2, -0.15) is 0 Å². The molecule has 0 radical (unpaired) electrons. The second-order valence-corrected chi connectivity index (χ2v) is 5.11. The van der Waals surface area contributed by atoms with Crippen LogP contribution in [-0.2, 0) is 4.74 Å². The molecule has 0 spiro atoms. The van der Waals surface area contributed by atoms with Crippen molar-refractivity contribution in [3.63, 3.8) is 0 Å². The Kier molecular flexibility index (Phi) is 9.15. The molecule has 0 saturated heterocycles. The third-order valence-corrected chi connectivity index (χ3v) is 3.67. The number of nitrogens with one attached hydrogen (secondary N) is 1. The van der Waals surface area contributed by atoms with E-state index in [0.29, 0.717) is 0 Å². The van der Waals surface area contributed by atoms with Gasteiger partial charge in [0.2, 0.25) is 0 Å². The minimum absolute atomic E-state index is 0. The van der Waals surface area contributed by atoms with Gasteiger partial charge in [-0.05, 0) is 24.0 Å². The molecule has 22 heavy (non-hydrogen) atoms. The van der Waals surface area contributed by atoms with Crippen molar-refractivity contribution in [1.29, 1.82) is 0 Å². The lowest BCUT2D eigenvalue weighted by molar-refractivity contribution is 0.195. The number of methoxy groups -OCH3 is 1. The van der Waals surface area contributed by atoms with E-state index in [2.05, 4.69) is 51.6 Å². The maximum atomic E-state index is 5.06. The minimum atomic E-state index is 0. The van der Waals surface area contributed by atoms with Gasteiger partial charge in [0.1, 0.15) is 0 Å². The van der Waals surface area contributed by atoms with Crippen molar-refractivity contribution < 1.29 is 4.74 Å². The summed E-state index contributed by atoms with van der Waals surface area (Å²) in [6.45, 7) is 3.59. The molecule has 1 N–H and O–H groups in total. The summed E-state index contributed by atoms with van der Waals surface area (Å²) in [6, 6.07) is 10.6. The Labute approximate surface area is 150 Å². The van der Waals surface area contributed by atoms with Gasteiger partial charge in [-0.15, -0.1) is 24.0 Å². The highest BCUT2D eigenvalue weighted by Crippen LogP contribution is 2.21. The Balaban J connectivity index is 0.00000242. The number of nitrogens with zero attached hydrogens (tertiary/aromatic N) is 2. The Hall–Kier alpha value is -1.08. The fourth-order valence-corrected chi connectivity index (χ4v) is 2.52. The summed E-state index contributed by atoms with van der Waals surface area (Å²) in [6.07, 6.45) is 4.36. The van der Waals surface area contributed by atoms with Gasteiger partial charge >= 0.3 is 0 Å². The maximum Gasteiger partial charge on any atom is 0.193 e. The highest BCUT2D eigenvalue weighted by molar-refractivity contribution is 14.0. The van der Waals surface area contributed by atoms with E-state index in [1.807, 2.05) is 7.05 Å². The van der Waals surface area contributed by atoms with Crippen LogP contribution in [0.25, 0.3) is 5.57 Å². The summed E-state index contributed by atoms with van der Waals surface area (Å²) in [5.74, 6) is 0.981. The molecule has 0 aliphatic carbocycles. The molecule has 1 aromatic rings. The van der Waals surface area contributed by atoms with Crippen molar-refractivity contribution >= 4 is 35.5 Å².